The lowest BCUT2D eigenvalue weighted by molar-refractivity contribution is -0.137. The molecular weight excluding hydrogens is 445 g/mol. The molecular formula is C26H21F3N2O3. The van der Waals surface area contributed by atoms with Gasteiger partial charge in [0.2, 0.25) is 5.91 Å². The number of nitrogens with zero attached hydrogens (tertiary/aromatic N) is 2. The van der Waals surface area contributed by atoms with Crippen LogP contribution in [-0.2, 0) is 20.6 Å². The van der Waals surface area contributed by atoms with E-state index >= 15 is 0 Å². The summed E-state index contributed by atoms with van der Waals surface area (Å²) in [5.41, 5.74) is 2.14. The molecule has 34 heavy (non-hydrogen) atoms. The summed E-state index contributed by atoms with van der Waals surface area (Å²) in [6, 6.07) is 18.0. The van der Waals surface area contributed by atoms with E-state index in [9.17, 15) is 22.8 Å². The molecule has 0 radical (unpaired) electrons. The zero-order chi connectivity index (χ0) is 24.2. The van der Waals surface area contributed by atoms with Crippen molar-refractivity contribution >= 4 is 23.2 Å². The van der Waals surface area contributed by atoms with Crippen LogP contribution in [0.5, 0.6) is 0 Å². The zero-order valence-corrected chi connectivity index (χ0v) is 18.4. The van der Waals surface area contributed by atoms with Crippen molar-refractivity contribution in [3.63, 3.8) is 0 Å². The summed E-state index contributed by atoms with van der Waals surface area (Å²) < 4.78 is 40.4. The van der Waals surface area contributed by atoms with Gasteiger partial charge in [0.25, 0.3) is 5.91 Å². The molecule has 0 spiro atoms. The molecule has 2 aliphatic heterocycles. The molecule has 3 aromatic carbocycles. The zero-order valence-electron chi connectivity index (χ0n) is 18.4. The number of hydroxylamine groups is 1. The van der Waals surface area contributed by atoms with E-state index in [1.165, 1.54) is 17.2 Å². The highest BCUT2D eigenvalue weighted by atomic mass is 19.4. The molecule has 0 saturated carbocycles. The van der Waals surface area contributed by atoms with Crippen molar-refractivity contribution < 1.29 is 27.6 Å². The van der Waals surface area contributed by atoms with E-state index < -0.39 is 41.6 Å². The van der Waals surface area contributed by atoms with Crippen LogP contribution in [0, 0.1) is 19.8 Å². The van der Waals surface area contributed by atoms with Crippen molar-refractivity contribution in [3.05, 3.63) is 95.1 Å². The molecule has 8 heteroatoms. The number of benzene rings is 3. The second-order valence-corrected chi connectivity index (χ2v) is 8.58. The SMILES string of the molecule is Cc1ccc(N2C(=O)[C@H]3[C@@H](c4cccc(C(F)(F)F)c4)N(c4ccccc4)O[C@H]3C2=O)c(C)c1. The van der Waals surface area contributed by atoms with Gasteiger partial charge in [-0.05, 0) is 55.3 Å². The molecule has 5 nitrogen and oxygen atoms in total. The van der Waals surface area contributed by atoms with Crippen molar-refractivity contribution in [2.24, 2.45) is 5.92 Å². The summed E-state index contributed by atoms with van der Waals surface area (Å²) in [5.74, 6) is -2.03. The number of aryl methyl sites for hydroxylation is 2. The Morgan fingerprint density at radius 3 is 2.26 bits per heavy atom. The summed E-state index contributed by atoms with van der Waals surface area (Å²) in [5, 5.41) is 1.39. The quantitative estimate of drug-likeness (QED) is 0.487. The van der Waals surface area contributed by atoms with E-state index in [-0.39, 0.29) is 5.56 Å². The largest absolute Gasteiger partial charge is 0.416 e. The molecule has 0 aliphatic carbocycles. The van der Waals surface area contributed by atoms with E-state index in [0.717, 1.165) is 28.2 Å². The second-order valence-electron chi connectivity index (χ2n) is 8.58. The number of anilines is 2. The molecule has 3 aromatic rings. The number of hydrogen-bond donors (Lipinski definition) is 0. The number of alkyl halides is 3. The molecule has 2 amide bonds. The fourth-order valence-electron chi connectivity index (χ4n) is 4.74. The third-order valence-electron chi connectivity index (χ3n) is 6.27. The predicted molar refractivity (Wildman–Crippen MR) is 120 cm³/mol. The highest BCUT2D eigenvalue weighted by molar-refractivity contribution is 6.24. The Bertz CT molecular complexity index is 1280. The van der Waals surface area contributed by atoms with Gasteiger partial charge in [0.1, 0.15) is 5.92 Å². The summed E-state index contributed by atoms with van der Waals surface area (Å²) in [7, 11) is 0. The maximum atomic E-state index is 13.7. The van der Waals surface area contributed by atoms with Gasteiger partial charge < -0.3 is 0 Å². The van der Waals surface area contributed by atoms with Crippen molar-refractivity contribution in [3.8, 4) is 0 Å². The maximum absolute atomic E-state index is 13.7. The Hall–Kier alpha value is -3.65. The Balaban J connectivity index is 1.61. The average Bonchev–Trinajstić information content (AvgIpc) is 3.31. The normalized spacial score (nSPS) is 22.4. The van der Waals surface area contributed by atoms with Crippen LogP contribution >= 0.6 is 0 Å². The molecule has 0 unspecified atom stereocenters. The number of fused-ring (bicyclic) bond motifs is 1. The minimum absolute atomic E-state index is 0.245. The molecule has 0 aromatic heterocycles. The van der Waals surface area contributed by atoms with Crippen molar-refractivity contribution in [2.75, 3.05) is 9.96 Å². The van der Waals surface area contributed by atoms with Gasteiger partial charge in [0.05, 0.1) is 23.0 Å². The highest BCUT2D eigenvalue weighted by Crippen LogP contribution is 2.48. The van der Waals surface area contributed by atoms with Crippen molar-refractivity contribution in [1.82, 2.24) is 0 Å². The van der Waals surface area contributed by atoms with Gasteiger partial charge >= 0.3 is 6.18 Å². The average molecular weight is 466 g/mol. The Morgan fingerprint density at radius 2 is 1.59 bits per heavy atom. The van der Waals surface area contributed by atoms with Crippen LogP contribution in [0.1, 0.15) is 28.3 Å². The first-order valence-corrected chi connectivity index (χ1v) is 10.8. The summed E-state index contributed by atoms with van der Waals surface area (Å²) in [6.45, 7) is 3.71. The standard InChI is InChI=1S/C26H21F3N2O3/c1-15-11-12-20(16(2)13-15)30-24(32)21-22(17-7-6-8-18(14-17)26(27,28)29)31(34-23(21)25(30)33)19-9-4-3-5-10-19/h3-14,21-23H,1-2H3/t21-,22+,23+/m0/s1. The van der Waals surface area contributed by atoms with Gasteiger partial charge in [-0.1, -0.05) is 48.0 Å². The molecule has 3 atom stereocenters. The number of rotatable bonds is 3. The minimum atomic E-state index is -4.55. The number of hydrogen-bond acceptors (Lipinski definition) is 4. The van der Waals surface area contributed by atoms with Crippen LogP contribution in [-0.4, -0.2) is 17.9 Å². The number of imide groups is 1. The van der Waals surface area contributed by atoms with E-state index in [1.807, 2.05) is 13.0 Å². The van der Waals surface area contributed by atoms with E-state index in [0.29, 0.717) is 11.4 Å². The van der Waals surface area contributed by atoms with Crippen LogP contribution in [0.4, 0.5) is 24.5 Å². The number of halogens is 3. The number of carbonyl (C=O) groups excluding carboxylic acids is 2. The lowest BCUT2D eigenvalue weighted by Gasteiger charge is -2.29. The van der Waals surface area contributed by atoms with Crippen molar-refractivity contribution in [2.45, 2.75) is 32.2 Å². The van der Waals surface area contributed by atoms with Gasteiger partial charge in [-0.15, -0.1) is 0 Å². The highest BCUT2D eigenvalue weighted by Gasteiger charge is 2.60. The van der Waals surface area contributed by atoms with Crippen LogP contribution in [0.3, 0.4) is 0 Å². The third kappa shape index (κ3) is 3.54. The van der Waals surface area contributed by atoms with Gasteiger partial charge in [0, 0.05) is 0 Å². The molecule has 2 saturated heterocycles. The van der Waals surface area contributed by atoms with Gasteiger partial charge in [-0.2, -0.15) is 13.2 Å². The summed E-state index contributed by atoms with van der Waals surface area (Å²) >= 11 is 0. The molecule has 5 rings (SSSR count). The first kappa shape index (κ1) is 22.2. The lowest BCUT2D eigenvalue weighted by Crippen LogP contribution is -2.37. The van der Waals surface area contributed by atoms with Crippen LogP contribution in [0.2, 0.25) is 0 Å². The number of amides is 2. The monoisotopic (exact) mass is 466 g/mol. The fourth-order valence-corrected chi connectivity index (χ4v) is 4.74. The maximum Gasteiger partial charge on any atom is 0.416 e. The third-order valence-corrected chi connectivity index (χ3v) is 6.27. The molecule has 2 fully saturated rings. The molecule has 0 bridgehead atoms. The van der Waals surface area contributed by atoms with Crippen LogP contribution < -0.4 is 9.96 Å². The Morgan fingerprint density at radius 1 is 0.853 bits per heavy atom. The van der Waals surface area contributed by atoms with Crippen LogP contribution in [0.15, 0.2) is 72.8 Å². The van der Waals surface area contributed by atoms with Gasteiger partial charge in [-0.3, -0.25) is 14.4 Å². The van der Waals surface area contributed by atoms with E-state index in [4.69, 9.17) is 4.84 Å². The van der Waals surface area contributed by atoms with Crippen molar-refractivity contribution in [1.29, 1.82) is 0 Å². The van der Waals surface area contributed by atoms with Gasteiger partial charge in [-0.25, -0.2) is 9.96 Å². The van der Waals surface area contributed by atoms with E-state index in [2.05, 4.69) is 0 Å². The molecule has 2 aliphatic rings. The molecule has 174 valence electrons. The Kier molecular flexibility index (Phi) is 5.20. The predicted octanol–water partition coefficient (Wildman–Crippen LogP) is 5.37. The number of para-hydroxylation sites is 1. The van der Waals surface area contributed by atoms with E-state index in [1.54, 1.807) is 49.4 Å². The summed E-state index contributed by atoms with van der Waals surface area (Å²) in [6.07, 6.45) is -5.69. The smallest absolute Gasteiger partial charge is 0.273 e. The Labute approximate surface area is 194 Å². The first-order valence-electron chi connectivity index (χ1n) is 10.8. The number of carbonyl (C=O) groups is 2. The first-order chi connectivity index (χ1) is 16.2. The van der Waals surface area contributed by atoms with Crippen LogP contribution in [0.25, 0.3) is 0 Å². The van der Waals surface area contributed by atoms with Gasteiger partial charge in [0.15, 0.2) is 6.10 Å². The molecule has 2 heterocycles. The minimum Gasteiger partial charge on any atom is -0.273 e. The molecule has 0 N–H and O–H groups in total. The summed E-state index contributed by atoms with van der Waals surface area (Å²) in [4.78, 5) is 34.1. The fraction of sp³-hybridized carbons (Fsp3) is 0.231. The lowest BCUT2D eigenvalue weighted by atomic mass is 9.89. The second kappa shape index (κ2) is 7.99. The topological polar surface area (TPSA) is 49.9 Å².